The Morgan fingerprint density at radius 2 is 1.56 bits per heavy atom. The second kappa shape index (κ2) is 27.2. The Morgan fingerprint density at radius 1 is 0.889 bits per heavy atom. The largest absolute Gasteiger partial charge is 0.393 e. The molecule has 0 unspecified atom stereocenters. The second-order valence-corrected chi connectivity index (χ2v) is 15.8. The summed E-state index contributed by atoms with van der Waals surface area (Å²) in [6, 6.07) is 4.39. The third-order valence-corrected chi connectivity index (χ3v) is 10.5. The molecule has 1 fully saturated rings. The normalized spacial score (nSPS) is 22.7. The molecular formula is C42H63N9O12. The number of aliphatic hydroxyl groups is 2. The van der Waals surface area contributed by atoms with E-state index in [0.717, 1.165) is 0 Å². The first-order valence-corrected chi connectivity index (χ1v) is 20.9. The molecule has 2 rings (SSSR count). The number of nitrogens with two attached hydrogens (primary N) is 3. The third kappa shape index (κ3) is 19.8. The van der Waals surface area contributed by atoms with Crippen LogP contribution >= 0.6 is 0 Å². The lowest BCUT2D eigenvalue weighted by Gasteiger charge is -2.25. The van der Waals surface area contributed by atoms with E-state index in [2.05, 4.69) is 31.6 Å². The summed E-state index contributed by atoms with van der Waals surface area (Å²) in [5, 5.41) is 33.5. The quantitative estimate of drug-likeness (QED) is 0.0428. The van der Waals surface area contributed by atoms with E-state index in [4.69, 9.17) is 17.2 Å². The van der Waals surface area contributed by atoms with E-state index in [1.165, 1.54) is 20.8 Å². The average Bonchev–Trinajstić information content (AvgIpc) is 3.22. The summed E-state index contributed by atoms with van der Waals surface area (Å²) >= 11 is 0. The van der Waals surface area contributed by atoms with Crippen LogP contribution in [0.5, 0.6) is 0 Å². The third-order valence-electron chi connectivity index (χ3n) is 10.5. The van der Waals surface area contributed by atoms with Gasteiger partial charge < -0.3 is 54.0 Å². The van der Waals surface area contributed by atoms with Crippen LogP contribution in [0.25, 0.3) is 0 Å². The minimum absolute atomic E-state index is 0.0431. The minimum Gasteiger partial charge on any atom is -0.393 e. The zero-order valence-electron chi connectivity index (χ0n) is 36.1. The Balaban J connectivity index is 2.63. The van der Waals surface area contributed by atoms with Gasteiger partial charge >= 0.3 is 0 Å². The smallest absolute Gasteiger partial charge is 0.243 e. The van der Waals surface area contributed by atoms with Gasteiger partial charge in [-0.25, -0.2) is 0 Å². The average molecular weight is 886 g/mol. The molecule has 0 spiro atoms. The lowest BCUT2D eigenvalue weighted by molar-refractivity contribution is -0.136. The molecule has 1 heterocycles. The monoisotopic (exact) mass is 885 g/mol. The predicted molar refractivity (Wildman–Crippen MR) is 228 cm³/mol. The maximum absolute atomic E-state index is 14.0. The standard InChI is InChI=1S/C42H63N9O12/c1-23(52)30(24(2)53)19-35(57)27-17-36(58)31(25(3)54)18-29(56)22-48-39(61)34(16-26-8-5-4-6-9-26)51-40(62)32(10-7-15-46-42(44)45)50-41(63)33(12-14-37(59)47-21-27)49-38(60)13-11-28(55)20-43/h4-6,8-9,23,25,27,30-34,52,54H,7,10-22,43H2,1-3H3,(H,47,59)(H,48,61)(H,49,60)(H,50,63)(H,51,62)(H4,44,45,46)/t23-,25-,27+,30+,31+,32+,33+,34+/m1/s1. The highest BCUT2D eigenvalue weighted by Crippen LogP contribution is 2.21. The number of aliphatic imine (C=N–C) groups is 1. The Labute approximate surface area is 365 Å². The number of amides is 5. The van der Waals surface area contributed by atoms with Gasteiger partial charge in [0.2, 0.25) is 29.5 Å². The Hall–Kier alpha value is -5.93. The zero-order valence-corrected chi connectivity index (χ0v) is 36.1. The first kappa shape index (κ1) is 53.2. The summed E-state index contributed by atoms with van der Waals surface area (Å²) in [6.45, 7) is 2.41. The molecule has 21 heteroatoms. The molecule has 8 atom stereocenters. The number of nitrogens with one attached hydrogen (secondary N) is 5. The van der Waals surface area contributed by atoms with Crippen molar-refractivity contribution in [3.05, 3.63) is 35.9 Å². The highest BCUT2D eigenvalue weighted by molar-refractivity contribution is 5.97. The predicted octanol–water partition coefficient (Wildman–Crippen LogP) is -2.85. The van der Waals surface area contributed by atoms with Crippen LogP contribution in [0.1, 0.15) is 84.1 Å². The molecule has 1 aromatic carbocycles. The van der Waals surface area contributed by atoms with Crippen LogP contribution in [-0.4, -0.2) is 131 Å². The van der Waals surface area contributed by atoms with E-state index in [1.54, 1.807) is 30.3 Å². The van der Waals surface area contributed by atoms with Crippen molar-refractivity contribution in [1.29, 1.82) is 0 Å². The van der Waals surface area contributed by atoms with E-state index < -0.39 is 145 Å². The molecule has 0 radical (unpaired) electrons. The van der Waals surface area contributed by atoms with Gasteiger partial charge in [0, 0.05) is 69.9 Å². The van der Waals surface area contributed by atoms with Crippen LogP contribution < -0.4 is 43.8 Å². The van der Waals surface area contributed by atoms with Gasteiger partial charge in [0.15, 0.2) is 11.7 Å². The molecule has 1 aliphatic rings. The van der Waals surface area contributed by atoms with Crippen LogP contribution in [0.15, 0.2) is 35.3 Å². The first-order chi connectivity index (χ1) is 29.7. The Kier molecular flexibility index (Phi) is 23.0. The summed E-state index contributed by atoms with van der Waals surface area (Å²) in [5.74, 6) is -11.0. The molecule has 63 heavy (non-hydrogen) atoms. The van der Waals surface area contributed by atoms with Gasteiger partial charge in [-0.2, -0.15) is 0 Å². The van der Waals surface area contributed by atoms with Crippen molar-refractivity contribution in [3.8, 4) is 0 Å². The fraction of sp³-hybridized carbons (Fsp3) is 0.595. The van der Waals surface area contributed by atoms with Crippen LogP contribution in [0.4, 0.5) is 0 Å². The molecule has 0 aliphatic carbocycles. The van der Waals surface area contributed by atoms with E-state index in [-0.39, 0.29) is 57.6 Å². The lowest BCUT2D eigenvalue weighted by atomic mass is 9.83. The molecule has 1 saturated heterocycles. The van der Waals surface area contributed by atoms with Gasteiger partial charge in [0.05, 0.1) is 31.2 Å². The molecule has 348 valence electrons. The number of aliphatic hydroxyl groups excluding tert-OH is 2. The van der Waals surface area contributed by atoms with E-state index in [0.29, 0.717) is 5.56 Å². The molecular weight excluding hydrogens is 823 g/mol. The van der Waals surface area contributed by atoms with Crippen LogP contribution in [0.2, 0.25) is 0 Å². The molecule has 0 saturated carbocycles. The SMILES string of the molecule is CC(=O)[C@@H](CC(=O)[C@@H]1CNC(=O)CC[C@H](NC(=O)CCC(=O)CN)C(=O)N[C@@H](CCCN=C(N)N)C(=O)N[C@@H](Cc2ccccc2)C(=O)NCC(=O)C[C@@H]([C@@H](C)O)C(=O)C1)[C@@H](C)O. The number of ketones is 5. The van der Waals surface area contributed by atoms with Crippen molar-refractivity contribution in [2.45, 2.75) is 115 Å². The molecule has 0 aromatic heterocycles. The van der Waals surface area contributed by atoms with Crippen molar-refractivity contribution in [2.24, 2.45) is 39.9 Å². The molecule has 13 N–H and O–H groups in total. The van der Waals surface area contributed by atoms with Crippen molar-refractivity contribution in [3.63, 3.8) is 0 Å². The highest BCUT2D eigenvalue weighted by atomic mass is 16.3. The van der Waals surface area contributed by atoms with E-state index in [9.17, 15) is 58.2 Å². The number of guanidine groups is 1. The van der Waals surface area contributed by atoms with Gasteiger partial charge in [0.25, 0.3) is 0 Å². The number of nitrogens with zero attached hydrogens (tertiary/aromatic N) is 1. The van der Waals surface area contributed by atoms with Gasteiger partial charge in [-0.15, -0.1) is 0 Å². The van der Waals surface area contributed by atoms with E-state index >= 15 is 0 Å². The van der Waals surface area contributed by atoms with Crippen LogP contribution in [0.3, 0.4) is 0 Å². The number of carbonyl (C=O) groups excluding carboxylic acids is 10. The summed E-state index contributed by atoms with van der Waals surface area (Å²) in [7, 11) is 0. The van der Waals surface area contributed by atoms with Gasteiger partial charge in [-0.1, -0.05) is 30.3 Å². The molecule has 1 aromatic rings. The van der Waals surface area contributed by atoms with Gasteiger partial charge in [-0.05, 0) is 45.6 Å². The topological polar surface area (TPSA) is 362 Å². The van der Waals surface area contributed by atoms with Gasteiger partial charge in [0.1, 0.15) is 41.3 Å². The maximum Gasteiger partial charge on any atom is 0.243 e. The number of hydrogen-bond donors (Lipinski definition) is 10. The van der Waals surface area contributed by atoms with E-state index in [1.807, 2.05) is 0 Å². The van der Waals surface area contributed by atoms with Crippen molar-refractivity contribution in [1.82, 2.24) is 26.6 Å². The number of benzene rings is 1. The highest BCUT2D eigenvalue weighted by Gasteiger charge is 2.35. The number of carbonyl (C=O) groups is 10. The van der Waals surface area contributed by atoms with Crippen molar-refractivity contribution in [2.75, 3.05) is 26.2 Å². The maximum atomic E-state index is 14.0. The second-order valence-electron chi connectivity index (χ2n) is 15.8. The fourth-order valence-corrected chi connectivity index (χ4v) is 6.78. The number of rotatable bonds is 17. The number of hydrogen-bond acceptors (Lipinski definition) is 14. The van der Waals surface area contributed by atoms with Gasteiger partial charge in [-0.3, -0.25) is 52.9 Å². The zero-order chi connectivity index (χ0) is 47.2. The fourth-order valence-electron chi connectivity index (χ4n) is 6.78. The van der Waals surface area contributed by atoms with Crippen LogP contribution in [0, 0.1) is 17.8 Å². The molecule has 5 amide bonds. The van der Waals surface area contributed by atoms with Crippen molar-refractivity contribution >= 4 is 64.4 Å². The molecule has 1 aliphatic heterocycles. The number of Topliss-reactive ketones (excluding diaryl/α,β-unsaturated/α-hetero) is 5. The molecule has 21 nitrogen and oxygen atoms in total. The minimum atomic E-state index is -1.47. The van der Waals surface area contributed by atoms with Crippen molar-refractivity contribution < 1.29 is 58.2 Å². The first-order valence-electron chi connectivity index (χ1n) is 20.9. The summed E-state index contributed by atoms with van der Waals surface area (Å²) < 4.78 is 0. The summed E-state index contributed by atoms with van der Waals surface area (Å²) in [6.07, 6.45) is -5.68. The summed E-state index contributed by atoms with van der Waals surface area (Å²) in [5.41, 5.74) is 16.9. The Morgan fingerprint density at radius 3 is 2.16 bits per heavy atom. The van der Waals surface area contributed by atoms with Crippen LogP contribution in [-0.2, 0) is 54.4 Å². The summed E-state index contributed by atoms with van der Waals surface area (Å²) in [4.78, 5) is 137. The molecule has 0 bridgehead atoms. The lowest BCUT2D eigenvalue weighted by Crippen LogP contribution is -2.57. The Bertz CT molecular complexity index is 1820.